The Morgan fingerprint density at radius 1 is 0.935 bits per heavy atom. The molecule has 2 heterocycles. The van der Waals surface area contributed by atoms with Gasteiger partial charge in [-0.3, -0.25) is 19.6 Å². The Kier molecular flexibility index (Phi) is 10.2. The van der Waals surface area contributed by atoms with Crippen LogP contribution in [-0.4, -0.2) is 98.1 Å². The lowest BCUT2D eigenvalue weighted by Gasteiger charge is -2.37. The van der Waals surface area contributed by atoms with Crippen molar-refractivity contribution in [2.24, 2.45) is 10.9 Å². The molecule has 1 atom stereocenters. The second kappa shape index (κ2) is 12.6. The van der Waals surface area contributed by atoms with E-state index in [-0.39, 0.29) is 29.9 Å². The summed E-state index contributed by atoms with van der Waals surface area (Å²) in [5.74, 6) is 2.14. The van der Waals surface area contributed by atoms with Crippen molar-refractivity contribution in [3.8, 4) is 0 Å². The highest BCUT2D eigenvalue weighted by molar-refractivity contribution is 14.0. The van der Waals surface area contributed by atoms with Crippen LogP contribution in [0.1, 0.15) is 57.8 Å². The van der Waals surface area contributed by atoms with E-state index >= 15 is 0 Å². The minimum absolute atomic E-state index is 0. The van der Waals surface area contributed by atoms with E-state index in [0.717, 1.165) is 57.4 Å². The number of hydrogen-bond acceptors (Lipinski definition) is 4. The first-order chi connectivity index (χ1) is 14.7. The van der Waals surface area contributed by atoms with Gasteiger partial charge in [0.2, 0.25) is 5.91 Å². The monoisotopic (exact) mass is 546 g/mol. The Morgan fingerprint density at radius 2 is 1.68 bits per heavy atom. The van der Waals surface area contributed by atoms with E-state index in [0.29, 0.717) is 18.6 Å². The van der Waals surface area contributed by atoms with Gasteiger partial charge in [-0.05, 0) is 51.0 Å². The second-order valence-corrected chi connectivity index (χ2v) is 9.83. The fraction of sp³-hybridized carbons (Fsp3) is 0.913. The topological polar surface area (TPSA) is 63.2 Å². The summed E-state index contributed by atoms with van der Waals surface area (Å²) in [4.78, 5) is 24.0. The smallest absolute Gasteiger partial charge is 0.234 e. The highest BCUT2D eigenvalue weighted by atomic mass is 127. The van der Waals surface area contributed by atoms with Gasteiger partial charge in [0, 0.05) is 58.4 Å². The molecular weight excluding hydrogens is 503 g/mol. The van der Waals surface area contributed by atoms with Crippen LogP contribution < -0.4 is 10.6 Å². The van der Waals surface area contributed by atoms with E-state index < -0.39 is 0 Å². The molecule has 2 saturated heterocycles. The number of likely N-dealkylation sites (tertiary alicyclic amines) is 1. The zero-order chi connectivity index (χ0) is 20.8. The summed E-state index contributed by atoms with van der Waals surface area (Å²) in [6.07, 6.45) is 12.1. The van der Waals surface area contributed by atoms with Crippen LogP contribution in [0.3, 0.4) is 0 Å². The predicted octanol–water partition coefficient (Wildman–Crippen LogP) is 2.12. The molecular formula is C23H43IN6O. The van der Waals surface area contributed by atoms with E-state index in [4.69, 9.17) is 0 Å². The van der Waals surface area contributed by atoms with Gasteiger partial charge in [-0.25, -0.2) is 0 Å². The van der Waals surface area contributed by atoms with Gasteiger partial charge in [0.05, 0.1) is 6.54 Å². The van der Waals surface area contributed by atoms with Crippen LogP contribution in [0.4, 0.5) is 0 Å². The molecule has 178 valence electrons. The van der Waals surface area contributed by atoms with Crippen molar-refractivity contribution in [3.63, 3.8) is 0 Å². The Labute approximate surface area is 205 Å². The second-order valence-electron chi connectivity index (χ2n) is 9.83. The van der Waals surface area contributed by atoms with Gasteiger partial charge in [-0.2, -0.15) is 0 Å². The van der Waals surface area contributed by atoms with E-state index in [9.17, 15) is 4.79 Å². The first kappa shape index (κ1) is 25.0. The molecule has 2 aliphatic carbocycles. The Hall–Kier alpha value is -0.610. The summed E-state index contributed by atoms with van der Waals surface area (Å²) in [7, 11) is 1.90. The molecule has 1 unspecified atom stereocenters. The zero-order valence-corrected chi connectivity index (χ0v) is 21.7. The number of nitrogens with one attached hydrogen (secondary N) is 2. The van der Waals surface area contributed by atoms with Crippen molar-refractivity contribution in [3.05, 3.63) is 0 Å². The lowest BCUT2D eigenvalue weighted by Crippen LogP contribution is -2.55. The molecule has 2 saturated carbocycles. The largest absolute Gasteiger partial charge is 0.355 e. The Morgan fingerprint density at radius 3 is 2.35 bits per heavy atom. The number of aliphatic imine (C=N–C) groups is 1. The van der Waals surface area contributed by atoms with Gasteiger partial charge in [0.1, 0.15) is 0 Å². The van der Waals surface area contributed by atoms with Crippen molar-refractivity contribution in [2.75, 3.05) is 59.4 Å². The summed E-state index contributed by atoms with van der Waals surface area (Å²) in [5.41, 5.74) is 0. The molecule has 0 bridgehead atoms. The number of halogens is 1. The number of carbonyl (C=O) groups is 1. The van der Waals surface area contributed by atoms with Crippen LogP contribution in [0, 0.1) is 5.92 Å². The van der Waals surface area contributed by atoms with Crippen LogP contribution >= 0.6 is 24.0 Å². The van der Waals surface area contributed by atoms with Crippen LogP contribution in [0.5, 0.6) is 0 Å². The number of guanidine groups is 1. The van der Waals surface area contributed by atoms with Crippen molar-refractivity contribution < 1.29 is 4.79 Å². The molecule has 1 amide bonds. The fourth-order valence-electron chi connectivity index (χ4n) is 5.43. The molecule has 0 radical (unpaired) electrons. The molecule has 31 heavy (non-hydrogen) atoms. The van der Waals surface area contributed by atoms with E-state index in [2.05, 4.69) is 30.3 Å². The molecule has 2 aliphatic heterocycles. The quantitative estimate of drug-likeness (QED) is 0.291. The lowest BCUT2D eigenvalue weighted by atomic mass is 9.89. The van der Waals surface area contributed by atoms with Gasteiger partial charge in [-0.1, -0.05) is 19.3 Å². The highest BCUT2D eigenvalue weighted by Crippen LogP contribution is 2.27. The average molecular weight is 547 g/mol. The van der Waals surface area contributed by atoms with Gasteiger partial charge in [0.15, 0.2) is 5.96 Å². The lowest BCUT2D eigenvalue weighted by molar-refractivity contribution is -0.122. The van der Waals surface area contributed by atoms with Crippen molar-refractivity contribution >= 4 is 35.8 Å². The van der Waals surface area contributed by atoms with Crippen LogP contribution in [0.15, 0.2) is 4.99 Å². The molecule has 0 spiro atoms. The van der Waals surface area contributed by atoms with Gasteiger partial charge in [0.25, 0.3) is 0 Å². The molecule has 2 N–H and O–H groups in total. The van der Waals surface area contributed by atoms with Gasteiger partial charge in [-0.15, -0.1) is 24.0 Å². The maximum Gasteiger partial charge on any atom is 0.234 e. The number of rotatable bonds is 7. The maximum absolute atomic E-state index is 12.0. The maximum atomic E-state index is 12.0. The summed E-state index contributed by atoms with van der Waals surface area (Å²) in [6, 6.07) is 1.10. The standard InChI is InChI=1S/C23H42N6O.HI/c1-24-23(28-14-12-27(13-15-28)18-22(30)26-20-9-10-20)25-16-21-8-5-11-29(21)17-19-6-3-2-4-7-19;/h19-21H,2-18H2,1H3,(H,24,25)(H,26,30);1H. The molecule has 4 aliphatic rings. The number of hydrogen-bond donors (Lipinski definition) is 2. The molecule has 8 heteroatoms. The van der Waals surface area contributed by atoms with Crippen LogP contribution in [0.25, 0.3) is 0 Å². The zero-order valence-electron chi connectivity index (χ0n) is 19.4. The number of nitrogens with zero attached hydrogens (tertiary/aromatic N) is 4. The average Bonchev–Trinajstić information content (AvgIpc) is 3.47. The van der Waals surface area contributed by atoms with E-state index in [1.54, 1.807) is 0 Å². The third-order valence-corrected chi connectivity index (χ3v) is 7.41. The normalized spacial score (nSPS) is 26.5. The van der Waals surface area contributed by atoms with Crippen LogP contribution in [-0.2, 0) is 4.79 Å². The van der Waals surface area contributed by atoms with Crippen molar-refractivity contribution in [2.45, 2.75) is 69.9 Å². The van der Waals surface area contributed by atoms with E-state index in [1.807, 2.05) is 7.05 Å². The Balaban J connectivity index is 0.00000272. The molecule has 0 aromatic heterocycles. The molecule has 0 aromatic carbocycles. The fourth-order valence-corrected chi connectivity index (χ4v) is 5.43. The predicted molar refractivity (Wildman–Crippen MR) is 137 cm³/mol. The number of carbonyl (C=O) groups excluding carboxylic acids is 1. The first-order valence-corrected chi connectivity index (χ1v) is 12.4. The van der Waals surface area contributed by atoms with Crippen molar-refractivity contribution in [1.29, 1.82) is 0 Å². The summed E-state index contributed by atoms with van der Waals surface area (Å²) in [6.45, 7) is 7.83. The van der Waals surface area contributed by atoms with Crippen molar-refractivity contribution in [1.82, 2.24) is 25.3 Å². The molecule has 7 nitrogen and oxygen atoms in total. The summed E-state index contributed by atoms with van der Waals surface area (Å²) < 4.78 is 0. The SMILES string of the molecule is CN=C(NCC1CCCN1CC1CCCCC1)N1CCN(CC(=O)NC2CC2)CC1.I. The van der Waals surface area contributed by atoms with E-state index in [1.165, 1.54) is 58.0 Å². The summed E-state index contributed by atoms with van der Waals surface area (Å²) >= 11 is 0. The number of piperazine rings is 1. The number of amides is 1. The Bertz CT molecular complexity index is 585. The third-order valence-electron chi connectivity index (χ3n) is 7.41. The molecule has 4 rings (SSSR count). The summed E-state index contributed by atoms with van der Waals surface area (Å²) in [5, 5.41) is 6.77. The third kappa shape index (κ3) is 7.74. The first-order valence-electron chi connectivity index (χ1n) is 12.4. The molecule has 0 aromatic rings. The highest BCUT2D eigenvalue weighted by Gasteiger charge is 2.29. The van der Waals surface area contributed by atoms with Crippen LogP contribution in [0.2, 0.25) is 0 Å². The van der Waals surface area contributed by atoms with Gasteiger partial charge >= 0.3 is 0 Å². The minimum atomic E-state index is 0. The van der Waals surface area contributed by atoms with Gasteiger partial charge < -0.3 is 15.5 Å². The minimum Gasteiger partial charge on any atom is -0.355 e. The molecule has 4 fully saturated rings.